The number of methoxy groups -OCH3 is 1. The number of para-hydroxylation sites is 1. The van der Waals surface area contributed by atoms with E-state index in [0.717, 1.165) is 6.08 Å². The predicted octanol–water partition coefficient (Wildman–Crippen LogP) is 1.73. The van der Waals surface area contributed by atoms with Crippen molar-refractivity contribution >= 4 is 17.3 Å². The van der Waals surface area contributed by atoms with Crippen molar-refractivity contribution in [2.45, 2.75) is 0 Å². The zero-order valence-electron chi connectivity index (χ0n) is 8.60. The summed E-state index contributed by atoms with van der Waals surface area (Å²) in [5, 5.41) is 13.1. The van der Waals surface area contributed by atoms with Crippen molar-refractivity contribution in [2.75, 3.05) is 12.4 Å². The van der Waals surface area contributed by atoms with Crippen molar-refractivity contribution < 1.29 is 14.5 Å². The van der Waals surface area contributed by atoms with Gasteiger partial charge in [-0.1, -0.05) is 12.6 Å². The Kier molecular flexibility index (Phi) is 3.60. The molecule has 0 aliphatic carbocycles. The van der Waals surface area contributed by atoms with Gasteiger partial charge in [-0.25, -0.2) is 0 Å². The van der Waals surface area contributed by atoms with E-state index in [9.17, 15) is 14.9 Å². The molecule has 0 atom stereocenters. The number of nitrogens with zero attached hydrogens (tertiary/aromatic N) is 1. The van der Waals surface area contributed by atoms with Gasteiger partial charge >= 0.3 is 0 Å². The van der Waals surface area contributed by atoms with Gasteiger partial charge in [0, 0.05) is 6.07 Å². The predicted molar refractivity (Wildman–Crippen MR) is 58.5 cm³/mol. The highest BCUT2D eigenvalue weighted by molar-refractivity contribution is 6.01. The van der Waals surface area contributed by atoms with Gasteiger partial charge in [-0.15, -0.1) is 0 Å². The van der Waals surface area contributed by atoms with Crippen LogP contribution in [0.5, 0.6) is 5.75 Å². The zero-order valence-corrected chi connectivity index (χ0v) is 8.60. The SMILES string of the molecule is C=CC(=O)Nc1c(OC)cccc1[N+](=O)[O-]. The lowest BCUT2D eigenvalue weighted by Gasteiger charge is -2.08. The molecule has 6 heteroatoms. The molecule has 1 aromatic rings. The van der Waals surface area contributed by atoms with Crippen LogP contribution in [0.25, 0.3) is 0 Å². The van der Waals surface area contributed by atoms with Crippen LogP contribution in [0.2, 0.25) is 0 Å². The minimum atomic E-state index is -0.596. The molecule has 0 aromatic heterocycles. The van der Waals surface area contributed by atoms with Crippen LogP contribution in [-0.2, 0) is 4.79 Å². The van der Waals surface area contributed by atoms with Crippen LogP contribution in [0.1, 0.15) is 0 Å². The molecule has 0 fully saturated rings. The molecular weight excluding hydrogens is 212 g/mol. The number of benzene rings is 1. The number of anilines is 1. The summed E-state index contributed by atoms with van der Waals surface area (Å²) < 4.78 is 4.93. The highest BCUT2D eigenvalue weighted by Gasteiger charge is 2.19. The summed E-state index contributed by atoms with van der Waals surface area (Å²) in [5.74, 6) is -0.308. The van der Waals surface area contributed by atoms with Crippen molar-refractivity contribution in [2.24, 2.45) is 0 Å². The molecule has 0 unspecified atom stereocenters. The van der Waals surface area contributed by atoms with Crippen molar-refractivity contribution in [3.05, 3.63) is 41.0 Å². The maximum atomic E-state index is 11.1. The van der Waals surface area contributed by atoms with Gasteiger partial charge in [-0.05, 0) is 12.1 Å². The first-order chi connectivity index (χ1) is 7.60. The quantitative estimate of drug-likeness (QED) is 0.477. The van der Waals surface area contributed by atoms with Crippen LogP contribution < -0.4 is 10.1 Å². The number of nitrogens with one attached hydrogen (secondary N) is 1. The Morgan fingerprint density at radius 2 is 2.31 bits per heavy atom. The number of carbonyl (C=O) groups is 1. The summed E-state index contributed by atoms with van der Waals surface area (Å²) in [6, 6.07) is 4.27. The topological polar surface area (TPSA) is 81.5 Å². The molecule has 0 aliphatic heterocycles. The second-order valence-electron chi connectivity index (χ2n) is 2.80. The summed E-state index contributed by atoms with van der Waals surface area (Å²) >= 11 is 0. The fraction of sp³-hybridized carbons (Fsp3) is 0.100. The maximum absolute atomic E-state index is 11.1. The van der Waals surface area contributed by atoms with Gasteiger partial charge in [0.2, 0.25) is 5.91 Å². The van der Waals surface area contributed by atoms with E-state index in [4.69, 9.17) is 4.74 Å². The third-order valence-corrected chi connectivity index (χ3v) is 1.85. The number of hydrogen-bond acceptors (Lipinski definition) is 4. The summed E-state index contributed by atoms with van der Waals surface area (Å²) in [7, 11) is 1.36. The van der Waals surface area contributed by atoms with E-state index in [1.165, 1.54) is 25.3 Å². The molecule has 16 heavy (non-hydrogen) atoms. The van der Waals surface area contributed by atoms with Crippen LogP contribution in [0, 0.1) is 10.1 Å². The van der Waals surface area contributed by atoms with Crippen LogP contribution in [0.15, 0.2) is 30.9 Å². The molecule has 6 nitrogen and oxygen atoms in total. The molecule has 1 N–H and O–H groups in total. The fourth-order valence-electron chi connectivity index (χ4n) is 1.14. The average Bonchev–Trinajstić information content (AvgIpc) is 2.28. The molecule has 0 saturated heterocycles. The zero-order chi connectivity index (χ0) is 12.1. The second-order valence-corrected chi connectivity index (χ2v) is 2.80. The molecule has 0 aliphatic rings. The average molecular weight is 222 g/mol. The summed E-state index contributed by atoms with van der Waals surface area (Å²) in [6.45, 7) is 3.26. The Morgan fingerprint density at radius 1 is 1.62 bits per heavy atom. The Morgan fingerprint density at radius 3 is 2.81 bits per heavy atom. The monoisotopic (exact) mass is 222 g/mol. The third-order valence-electron chi connectivity index (χ3n) is 1.85. The fourth-order valence-corrected chi connectivity index (χ4v) is 1.14. The minimum absolute atomic E-state index is 0.0277. The summed E-state index contributed by atoms with van der Waals surface area (Å²) in [4.78, 5) is 21.3. The van der Waals surface area contributed by atoms with E-state index in [-0.39, 0.29) is 17.1 Å². The summed E-state index contributed by atoms with van der Waals surface area (Å²) in [5.41, 5.74) is -0.200. The Balaban J connectivity index is 3.24. The Labute approximate surface area is 91.7 Å². The van der Waals surface area contributed by atoms with Gasteiger partial charge in [-0.2, -0.15) is 0 Å². The normalized spacial score (nSPS) is 9.31. The molecule has 0 radical (unpaired) electrons. The van der Waals surface area contributed by atoms with Crippen LogP contribution in [0.4, 0.5) is 11.4 Å². The minimum Gasteiger partial charge on any atom is -0.494 e. The van der Waals surface area contributed by atoms with Crippen molar-refractivity contribution in [3.8, 4) is 5.75 Å². The van der Waals surface area contributed by atoms with Gasteiger partial charge in [0.25, 0.3) is 5.69 Å². The smallest absolute Gasteiger partial charge is 0.296 e. The highest BCUT2D eigenvalue weighted by Crippen LogP contribution is 2.33. The number of nitro benzene ring substituents is 1. The van der Waals surface area contributed by atoms with Gasteiger partial charge in [0.05, 0.1) is 12.0 Å². The van der Waals surface area contributed by atoms with Crippen molar-refractivity contribution in [1.82, 2.24) is 0 Å². The van der Waals surface area contributed by atoms with Gasteiger partial charge < -0.3 is 10.1 Å². The largest absolute Gasteiger partial charge is 0.494 e. The number of rotatable bonds is 4. The van der Waals surface area contributed by atoms with Crippen LogP contribution in [0.3, 0.4) is 0 Å². The maximum Gasteiger partial charge on any atom is 0.296 e. The molecule has 1 aromatic carbocycles. The summed E-state index contributed by atoms with van der Waals surface area (Å²) in [6.07, 6.45) is 1.02. The molecule has 0 heterocycles. The third kappa shape index (κ3) is 2.35. The van der Waals surface area contributed by atoms with Crippen LogP contribution in [-0.4, -0.2) is 17.9 Å². The molecule has 84 valence electrons. The first-order valence-electron chi connectivity index (χ1n) is 4.35. The van der Waals surface area contributed by atoms with Gasteiger partial charge in [-0.3, -0.25) is 14.9 Å². The Hall–Kier alpha value is -2.37. The lowest BCUT2D eigenvalue weighted by atomic mass is 10.2. The lowest BCUT2D eigenvalue weighted by molar-refractivity contribution is -0.384. The second kappa shape index (κ2) is 4.92. The standard InChI is InChI=1S/C10H10N2O4/c1-3-9(13)11-10-7(12(14)15)5-4-6-8(10)16-2/h3-6H,1H2,2H3,(H,11,13). The van der Waals surface area contributed by atoms with Crippen LogP contribution >= 0.6 is 0 Å². The number of amides is 1. The molecule has 1 rings (SSSR count). The van der Waals surface area contributed by atoms with E-state index in [1.807, 2.05) is 0 Å². The van der Waals surface area contributed by atoms with E-state index >= 15 is 0 Å². The van der Waals surface area contributed by atoms with Gasteiger partial charge in [0.1, 0.15) is 5.75 Å². The number of hydrogen-bond donors (Lipinski definition) is 1. The molecule has 1 amide bonds. The first kappa shape index (κ1) is 11.7. The molecule has 0 spiro atoms. The molecule has 0 saturated carbocycles. The van der Waals surface area contributed by atoms with E-state index in [0.29, 0.717) is 0 Å². The number of carbonyl (C=O) groups excluding carboxylic acids is 1. The van der Waals surface area contributed by atoms with Crippen molar-refractivity contribution in [1.29, 1.82) is 0 Å². The highest BCUT2D eigenvalue weighted by atomic mass is 16.6. The van der Waals surface area contributed by atoms with E-state index in [2.05, 4.69) is 11.9 Å². The van der Waals surface area contributed by atoms with E-state index < -0.39 is 10.8 Å². The van der Waals surface area contributed by atoms with Gasteiger partial charge in [0.15, 0.2) is 5.69 Å². The number of nitro groups is 1. The van der Waals surface area contributed by atoms with E-state index in [1.54, 1.807) is 0 Å². The first-order valence-corrected chi connectivity index (χ1v) is 4.35. The molecule has 0 bridgehead atoms. The van der Waals surface area contributed by atoms with Crippen molar-refractivity contribution in [3.63, 3.8) is 0 Å². The molecular formula is C10H10N2O4. The number of ether oxygens (including phenoxy) is 1. The Bertz CT molecular complexity index is 442. The lowest BCUT2D eigenvalue weighted by Crippen LogP contribution is -2.10.